The largest absolute Gasteiger partial charge is 0.373 e. The Kier molecular flexibility index (Phi) is 5.68. The Bertz CT molecular complexity index is 497. The number of nitrogens with zero attached hydrogens (tertiary/aromatic N) is 1. The van der Waals surface area contributed by atoms with Crippen molar-refractivity contribution < 1.29 is 9.53 Å². The molecule has 2 aliphatic rings. The van der Waals surface area contributed by atoms with Crippen molar-refractivity contribution >= 4 is 5.91 Å². The normalized spacial score (nSPS) is 25.7. The number of hydrogen-bond donors (Lipinski definition) is 1. The molecule has 23 heavy (non-hydrogen) atoms. The van der Waals surface area contributed by atoms with E-state index in [1.54, 1.807) is 0 Å². The molecule has 0 spiro atoms. The fourth-order valence-corrected chi connectivity index (χ4v) is 3.91. The Labute approximate surface area is 139 Å². The summed E-state index contributed by atoms with van der Waals surface area (Å²) in [5, 5.41) is 0. The Morgan fingerprint density at radius 2 is 1.87 bits per heavy atom. The van der Waals surface area contributed by atoms with Gasteiger partial charge in [-0.25, -0.2) is 0 Å². The molecule has 4 nitrogen and oxygen atoms in total. The minimum atomic E-state index is 0.168. The molecule has 1 heterocycles. The minimum absolute atomic E-state index is 0.168. The molecular formula is C19H28N2O2. The molecule has 126 valence electrons. The number of rotatable bonds is 5. The van der Waals surface area contributed by atoms with Crippen LogP contribution < -0.4 is 5.73 Å². The fraction of sp³-hybridized carbons (Fsp3) is 0.632. The average molecular weight is 316 g/mol. The van der Waals surface area contributed by atoms with Gasteiger partial charge in [0, 0.05) is 19.0 Å². The Morgan fingerprint density at radius 1 is 1.13 bits per heavy atom. The molecule has 1 saturated carbocycles. The zero-order chi connectivity index (χ0) is 16.1. The molecule has 1 aliphatic heterocycles. The van der Waals surface area contributed by atoms with Crippen LogP contribution >= 0.6 is 0 Å². The van der Waals surface area contributed by atoms with Crippen LogP contribution in [0.2, 0.25) is 0 Å². The highest BCUT2D eigenvalue weighted by atomic mass is 16.5. The first kappa shape index (κ1) is 16.5. The van der Waals surface area contributed by atoms with Gasteiger partial charge in [0.2, 0.25) is 5.91 Å². The number of piperidine rings is 1. The van der Waals surface area contributed by atoms with E-state index in [9.17, 15) is 4.79 Å². The third-order valence-corrected chi connectivity index (χ3v) is 5.36. The van der Waals surface area contributed by atoms with E-state index >= 15 is 0 Å². The second-order valence-electron chi connectivity index (χ2n) is 6.85. The highest BCUT2D eigenvalue weighted by Gasteiger charge is 2.35. The number of benzene rings is 1. The Hall–Kier alpha value is -1.39. The molecule has 0 radical (unpaired) electrons. The third-order valence-electron chi connectivity index (χ3n) is 5.36. The first-order valence-corrected chi connectivity index (χ1v) is 8.92. The van der Waals surface area contributed by atoms with Gasteiger partial charge in [0.1, 0.15) is 0 Å². The maximum atomic E-state index is 12.7. The number of carbonyl (C=O) groups is 1. The maximum absolute atomic E-state index is 12.7. The molecule has 1 aromatic carbocycles. The molecule has 4 heteroatoms. The van der Waals surface area contributed by atoms with E-state index in [0.29, 0.717) is 25.0 Å². The van der Waals surface area contributed by atoms with Crippen LogP contribution in [0.25, 0.3) is 0 Å². The molecule has 1 aromatic rings. The van der Waals surface area contributed by atoms with Crippen LogP contribution in [0.1, 0.15) is 37.7 Å². The quantitative estimate of drug-likeness (QED) is 0.908. The summed E-state index contributed by atoms with van der Waals surface area (Å²) in [5.41, 5.74) is 7.03. The molecule has 1 amide bonds. The number of amides is 1. The van der Waals surface area contributed by atoms with Crippen molar-refractivity contribution in [2.45, 2.75) is 44.8 Å². The van der Waals surface area contributed by atoms with E-state index in [-0.39, 0.29) is 12.0 Å². The van der Waals surface area contributed by atoms with Gasteiger partial charge in [0.05, 0.1) is 12.7 Å². The molecular weight excluding hydrogens is 288 g/mol. The zero-order valence-corrected chi connectivity index (χ0v) is 13.8. The molecule has 3 rings (SSSR count). The number of likely N-dealkylation sites (tertiary alicyclic amines) is 1. The van der Waals surface area contributed by atoms with Crippen molar-refractivity contribution in [2.24, 2.45) is 17.6 Å². The van der Waals surface area contributed by atoms with Gasteiger partial charge in [0.15, 0.2) is 0 Å². The van der Waals surface area contributed by atoms with Crippen LogP contribution in [0.4, 0.5) is 0 Å². The monoisotopic (exact) mass is 316 g/mol. The zero-order valence-electron chi connectivity index (χ0n) is 13.8. The highest BCUT2D eigenvalue weighted by Crippen LogP contribution is 2.33. The van der Waals surface area contributed by atoms with Crippen molar-refractivity contribution in [1.82, 2.24) is 4.90 Å². The second-order valence-corrected chi connectivity index (χ2v) is 6.85. The summed E-state index contributed by atoms with van der Waals surface area (Å²) < 4.78 is 6.01. The fourth-order valence-electron chi connectivity index (χ4n) is 3.91. The lowest BCUT2D eigenvalue weighted by Gasteiger charge is -2.34. The SMILES string of the molecule is NC[C@H]1CCC[C@H]1C(=O)N1CCC(OCc2ccccc2)CC1. The topological polar surface area (TPSA) is 55.6 Å². The van der Waals surface area contributed by atoms with Crippen molar-refractivity contribution in [3.05, 3.63) is 35.9 Å². The summed E-state index contributed by atoms with van der Waals surface area (Å²) in [4.78, 5) is 14.7. The van der Waals surface area contributed by atoms with Gasteiger partial charge < -0.3 is 15.4 Å². The van der Waals surface area contributed by atoms with Gasteiger partial charge in [0.25, 0.3) is 0 Å². The molecule has 1 aliphatic carbocycles. The van der Waals surface area contributed by atoms with E-state index in [4.69, 9.17) is 10.5 Å². The maximum Gasteiger partial charge on any atom is 0.226 e. The van der Waals surface area contributed by atoms with E-state index in [2.05, 4.69) is 12.1 Å². The lowest BCUT2D eigenvalue weighted by Crippen LogP contribution is -2.45. The van der Waals surface area contributed by atoms with Crippen molar-refractivity contribution in [2.75, 3.05) is 19.6 Å². The van der Waals surface area contributed by atoms with Crippen LogP contribution in [0.15, 0.2) is 30.3 Å². The van der Waals surface area contributed by atoms with Gasteiger partial charge in [-0.2, -0.15) is 0 Å². The number of carbonyl (C=O) groups excluding carboxylic acids is 1. The van der Waals surface area contributed by atoms with Crippen molar-refractivity contribution in [1.29, 1.82) is 0 Å². The molecule has 2 fully saturated rings. The highest BCUT2D eigenvalue weighted by molar-refractivity contribution is 5.79. The summed E-state index contributed by atoms with van der Waals surface area (Å²) in [6, 6.07) is 10.3. The van der Waals surface area contributed by atoms with Crippen LogP contribution in [0.5, 0.6) is 0 Å². The lowest BCUT2D eigenvalue weighted by atomic mass is 9.93. The summed E-state index contributed by atoms with van der Waals surface area (Å²) in [5.74, 6) is 0.899. The van der Waals surface area contributed by atoms with Crippen molar-refractivity contribution in [3.63, 3.8) is 0 Å². The van der Waals surface area contributed by atoms with E-state index < -0.39 is 0 Å². The van der Waals surface area contributed by atoms with Gasteiger partial charge in [-0.15, -0.1) is 0 Å². The van der Waals surface area contributed by atoms with Gasteiger partial charge >= 0.3 is 0 Å². The lowest BCUT2D eigenvalue weighted by molar-refractivity contribution is -0.139. The van der Waals surface area contributed by atoms with Crippen molar-refractivity contribution in [3.8, 4) is 0 Å². The number of hydrogen-bond acceptors (Lipinski definition) is 3. The Morgan fingerprint density at radius 3 is 2.57 bits per heavy atom. The molecule has 2 N–H and O–H groups in total. The van der Waals surface area contributed by atoms with Crippen LogP contribution in [-0.2, 0) is 16.1 Å². The standard InChI is InChI=1S/C19H28N2O2/c20-13-16-7-4-8-18(16)19(22)21-11-9-17(10-12-21)23-14-15-5-2-1-3-6-15/h1-3,5-6,16-18H,4,7-14,20H2/t16-,18-/m1/s1. The molecule has 1 saturated heterocycles. The molecule has 0 aromatic heterocycles. The molecule has 0 unspecified atom stereocenters. The summed E-state index contributed by atoms with van der Waals surface area (Å²) in [7, 11) is 0. The van der Waals surface area contributed by atoms with Crippen LogP contribution in [-0.4, -0.2) is 36.5 Å². The first-order valence-electron chi connectivity index (χ1n) is 8.92. The smallest absolute Gasteiger partial charge is 0.226 e. The number of nitrogens with two attached hydrogens (primary N) is 1. The van der Waals surface area contributed by atoms with Crippen LogP contribution in [0.3, 0.4) is 0 Å². The summed E-state index contributed by atoms with van der Waals surface area (Å²) >= 11 is 0. The van der Waals surface area contributed by atoms with Gasteiger partial charge in [-0.05, 0) is 43.7 Å². The molecule has 2 atom stereocenters. The predicted octanol–water partition coefficient (Wildman–Crippen LogP) is 2.57. The van der Waals surface area contributed by atoms with E-state index in [1.165, 1.54) is 5.56 Å². The van der Waals surface area contributed by atoms with Crippen LogP contribution in [0, 0.1) is 11.8 Å². The van der Waals surface area contributed by atoms with Gasteiger partial charge in [-0.3, -0.25) is 4.79 Å². The number of ether oxygens (including phenoxy) is 1. The predicted molar refractivity (Wildman–Crippen MR) is 90.7 cm³/mol. The third kappa shape index (κ3) is 4.12. The Balaban J connectivity index is 1.44. The van der Waals surface area contributed by atoms with E-state index in [1.807, 2.05) is 23.1 Å². The molecule has 0 bridgehead atoms. The van der Waals surface area contributed by atoms with Gasteiger partial charge in [-0.1, -0.05) is 36.8 Å². The summed E-state index contributed by atoms with van der Waals surface area (Å²) in [6.07, 6.45) is 5.44. The second kappa shape index (κ2) is 7.93. The minimum Gasteiger partial charge on any atom is -0.373 e. The average Bonchev–Trinajstić information content (AvgIpc) is 3.09. The first-order chi connectivity index (χ1) is 11.3. The van der Waals surface area contributed by atoms with E-state index in [0.717, 1.165) is 45.2 Å². The summed E-state index contributed by atoms with van der Waals surface area (Å²) in [6.45, 7) is 2.96.